The van der Waals surface area contributed by atoms with E-state index in [1.54, 1.807) is 0 Å². The van der Waals surface area contributed by atoms with Crippen molar-refractivity contribution in [3.05, 3.63) is 34.9 Å². The fraction of sp³-hybridized carbons (Fsp3) is 0.600. The van der Waals surface area contributed by atoms with Crippen molar-refractivity contribution in [1.82, 2.24) is 5.32 Å². The Bertz CT molecular complexity index is 396. The van der Waals surface area contributed by atoms with Gasteiger partial charge in [-0.2, -0.15) is 0 Å². The average Bonchev–Trinajstić information content (AvgIpc) is 2.94. The quantitative estimate of drug-likeness (QED) is 0.863. The van der Waals surface area contributed by atoms with Crippen molar-refractivity contribution in [2.45, 2.75) is 32.2 Å². The number of benzene rings is 1. The minimum absolute atomic E-state index is 0.575. The van der Waals surface area contributed by atoms with Crippen LogP contribution in [-0.2, 0) is 11.2 Å². The van der Waals surface area contributed by atoms with Gasteiger partial charge in [-0.25, -0.2) is 0 Å². The normalized spacial score (nSPS) is 27.4. The summed E-state index contributed by atoms with van der Waals surface area (Å²) >= 11 is 0. The van der Waals surface area contributed by atoms with Crippen LogP contribution >= 0.6 is 0 Å². The average molecular weight is 231 g/mol. The highest BCUT2D eigenvalue weighted by atomic mass is 16.5. The summed E-state index contributed by atoms with van der Waals surface area (Å²) < 4.78 is 5.42. The van der Waals surface area contributed by atoms with Crippen LogP contribution in [0.4, 0.5) is 0 Å². The summed E-state index contributed by atoms with van der Waals surface area (Å²) in [6.07, 6.45) is 3.71. The highest BCUT2D eigenvalue weighted by molar-refractivity contribution is 5.37. The van der Waals surface area contributed by atoms with Crippen LogP contribution in [0.5, 0.6) is 0 Å². The molecular weight excluding hydrogens is 210 g/mol. The lowest BCUT2D eigenvalue weighted by molar-refractivity contribution is 0.184. The van der Waals surface area contributed by atoms with Crippen LogP contribution in [0.15, 0.2) is 18.2 Å². The maximum absolute atomic E-state index is 5.42. The fourth-order valence-electron chi connectivity index (χ4n) is 2.99. The second-order valence-electron chi connectivity index (χ2n) is 5.43. The Hall–Kier alpha value is -0.860. The summed E-state index contributed by atoms with van der Waals surface area (Å²) in [6, 6.07) is 7.45. The fourth-order valence-corrected chi connectivity index (χ4v) is 2.99. The molecule has 1 saturated heterocycles. The van der Waals surface area contributed by atoms with Gasteiger partial charge in [0.1, 0.15) is 0 Å². The summed E-state index contributed by atoms with van der Waals surface area (Å²) in [5.74, 6) is 0.726. The van der Waals surface area contributed by atoms with Gasteiger partial charge in [-0.3, -0.25) is 0 Å². The monoisotopic (exact) mass is 231 g/mol. The molecule has 1 aromatic rings. The minimum atomic E-state index is 0.575. The summed E-state index contributed by atoms with van der Waals surface area (Å²) in [5.41, 5.74) is 4.45. The first kappa shape index (κ1) is 11.2. The molecule has 1 heterocycles. The Morgan fingerprint density at radius 2 is 2.29 bits per heavy atom. The van der Waals surface area contributed by atoms with Gasteiger partial charge in [0, 0.05) is 19.2 Å². The van der Waals surface area contributed by atoms with E-state index in [-0.39, 0.29) is 0 Å². The summed E-state index contributed by atoms with van der Waals surface area (Å²) in [5, 5.41) is 3.73. The molecule has 2 heteroatoms. The first-order chi connectivity index (χ1) is 8.33. The van der Waals surface area contributed by atoms with Crippen molar-refractivity contribution in [3.8, 4) is 0 Å². The van der Waals surface area contributed by atoms with Crippen molar-refractivity contribution in [1.29, 1.82) is 0 Å². The zero-order chi connectivity index (χ0) is 11.7. The Morgan fingerprint density at radius 3 is 3.12 bits per heavy atom. The molecule has 1 fully saturated rings. The largest absolute Gasteiger partial charge is 0.381 e. The van der Waals surface area contributed by atoms with E-state index >= 15 is 0 Å². The van der Waals surface area contributed by atoms with Gasteiger partial charge in [0.2, 0.25) is 0 Å². The molecule has 2 nitrogen and oxygen atoms in total. The van der Waals surface area contributed by atoms with Crippen LogP contribution in [0.3, 0.4) is 0 Å². The molecule has 0 aromatic heterocycles. The third kappa shape index (κ3) is 2.38. The highest BCUT2D eigenvalue weighted by Crippen LogP contribution is 2.32. The second-order valence-corrected chi connectivity index (χ2v) is 5.43. The van der Waals surface area contributed by atoms with Gasteiger partial charge in [0.05, 0.1) is 6.61 Å². The molecule has 2 unspecified atom stereocenters. The lowest BCUT2D eigenvalue weighted by Crippen LogP contribution is -2.26. The molecule has 0 amide bonds. The Labute approximate surface area is 103 Å². The first-order valence-electron chi connectivity index (χ1n) is 6.73. The van der Waals surface area contributed by atoms with Crippen LogP contribution < -0.4 is 5.32 Å². The van der Waals surface area contributed by atoms with Crippen LogP contribution in [0.1, 0.15) is 35.6 Å². The molecule has 0 bridgehead atoms. The smallest absolute Gasteiger partial charge is 0.0507 e. The van der Waals surface area contributed by atoms with Gasteiger partial charge in [-0.05, 0) is 43.2 Å². The van der Waals surface area contributed by atoms with Crippen molar-refractivity contribution >= 4 is 0 Å². The Balaban J connectivity index is 1.64. The molecule has 2 aliphatic rings. The van der Waals surface area contributed by atoms with E-state index in [0.29, 0.717) is 6.04 Å². The van der Waals surface area contributed by atoms with Crippen molar-refractivity contribution in [3.63, 3.8) is 0 Å². The summed E-state index contributed by atoms with van der Waals surface area (Å²) in [7, 11) is 0. The van der Waals surface area contributed by atoms with E-state index in [0.717, 1.165) is 25.7 Å². The molecule has 17 heavy (non-hydrogen) atoms. The number of fused-ring (bicyclic) bond motifs is 1. The molecule has 1 aliphatic heterocycles. The van der Waals surface area contributed by atoms with Crippen LogP contribution in [0.2, 0.25) is 0 Å². The number of ether oxygens (including phenoxy) is 1. The summed E-state index contributed by atoms with van der Waals surface area (Å²) in [4.78, 5) is 0. The Kier molecular flexibility index (Phi) is 3.17. The van der Waals surface area contributed by atoms with E-state index in [1.165, 1.54) is 36.0 Å². The molecular formula is C15H21NO. The van der Waals surface area contributed by atoms with Gasteiger partial charge in [-0.15, -0.1) is 0 Å². The number of hydrogen-bond donors (Lipinski definition) is 1. The second kappa shape index (κ2) is 4.79. The van der Waals surface area contributed by atoms with Crippen LogP contribution in [-0.4, -0.2) is 19.8 Å². The minimum Gasteiger partial charge on any atom is -0.381 e. The van der Waals surface area contributed by atoms with Gasteiger partial charge in [0.25, 0.3) is 0 Å². The zero-order valence-electron chi connectivity index (χ0n) is 10.5. The third-order valence-corrected chi connectivity index (χ3v) is 4.06. The standard InChI is InChI=1S/C15H21NO/c1-11-2-3-13-4-5-15(14(13)8-11)16-9-12-6-7-17-10-12/h2-3,8,12,15-16H,4-7,9-10H2,1H3. The molecule has 0 radical (unpaired) electrons. The lowest BCUT2D eigenvalue weighted by Gasteiger charge is -2.17. The molecule has 92 valence electrons. The predicted molar refractivity (Wildman–Crippen MR) is 69.2 cm³/mol. The van der Waals surface area contributed by atoms with Gasteiger partial charge >= 0.3 is 0 Å². The Morgan fingerprint density at radius 1 is 1.35 bits per heavy atom. The number of hydrogen-bond acceptors (Lipinski definition) is 2. The van der Waals surface area contributed by atoms with E-state index in [9.17, 15) is 0 Å². The van der Waals surface area contributed by atoms with Gasteiger partial charge in [0.15, 0.2) is 0 Å². The molecule has 1 aromatic carbocycles. The van der Waals surface area contributed by atoms with Crippen LogP contribution in [0, 0.1) is 12.8 Å². The van der Waals surface area contributed by atoms with E-state index < -0.39 is 0 Å². The number of nitrogens with one attached hydrogen (secondary N) is 1. The molecule has 1 N–H and O–H groups in total. The SMILES string of the molecule is Cc1ccc2c(c1)C(NCC1CCOC1)CC2. The van der Waals surface area contributed by atoms with Crippen molar-refractivity contribution < 1.29 is 4.74 Å². The van der Waals surface area contributed by atoms with Crippen molar-refractivity contribution in [2.24, 2.45) is 5.92 Å². The van der Waals surface area contributed by atoms with Crippen LogP contribution in [0.25, 0.3) is 0 Å². The highest BCUT2D eigenvalue weighted by Gasteiger charge is 2.23. The van der Waals surface area contributed by atoms with Gasteiger partial charge < -0.3 is 10.1 Å². The summed E-state index contributed by atoms with van der Waals surface area (Å²) in [6.45, 7) is 5.19. The number of rotatable bonds is 3. The maximum Gasteiger partial charge on any atom is 0.0507 e. The lowest BCUT2D eigenvalue weighted by atomic mass is 10.0. The first-order valence-corrected chi connectivity index (χ1v) is 6.73. The van der Waals surface area contributed by atoms with Gasteiger partial charge in [-0.1, -0.05) is 23.8 Å². The van der Waals surface area contributed by atoms with E-state index in [2.05, 4.69) is 30.4 Å². The molecule has 3 rings (SSSR count). The molecule has 0 saturated carbocycles. The molecule has 2 atom stereocenters. The third-order valence-electron chi connectivity index (χ3n) is 4.06. The number of aryl methyl sites for hydroxylation is 2. The zero-order valence-corrected chi connectivity index (χ0v) is 10.5. The van der Waals surface area contributed by atoms with Crippen molar-refractivity contribution in [2.75, 3.05) is 19.8 Å². The predicted octanol–water partition coefficient (Wildman–Crippen LogP) is 2.61. The van der Waals surface area contributed by atoms with E-state index in [1.807, 2.05) is 0 Å². The van der Waals surface area contributed by atoms with E-state index in [4.69, 9.17) is 4.74 Å². The maximum atomic E-state index is 5.42. The molecule has 1 aliphatic carbocycles. The topological polar surface area (TPSA) is 21.3 Å². The molecule has 0 spiro atoms.